The number of amides is 2. The summed E-state index contributed by atoms with van der Waals surface area (Å²) >= 11 is 0. The summed E-state index contributed by atoms with van der Waals surface area (Å²) in [7, 11) is 3.24. The van der Waals surface area contributed by atoms with Crippen LogP contribution in [-0.2, 0) is 9.59 Å². The van der Waals surface area contributed by atoms with Gasteiger partial charge in [0, 0.05) is 56.8 Å². The third-order valence-electron chi connectivity index (χ3n) is 5.52. The maximum absolute atomic E-state index is 12.6. The Labute approximate surface area is 167 Å². The molecule has 2 aliphatic rings. The van der Waals surface area contributed by atoms with Crippen LogP contribution in [0.2, 0.25) is 0 Å². The van der Waals surface area contributed by atoms with Crippen molar-refractivity contribution >= 4 is 17.5 Å². The number of likely N-dealkylation sites (tertiary alicyclic amines) is 2. The van der Waals surface area contributed by atoms with E-state index in [-0.39, 0.29) is 17.9 Å². The number of methoxy groups -OCH3 is 2. The van der Waals surface area contributed by atoms with Gasteiger partial charge in [0.05, 0.1) is 14.2 Å². The third kappa shape index (κ3) is 5.09. The minimum absolute atomic E-state index is 0.186. The first kappa shape index (κ1) is 20.3. The van der Waals surface area contributed by atoms with Gasteiger partial charge in [-0.1, -0.05) is 0 Å². The van der Waals surface area contributed by atoms with Gasteiger partial charge in [-0.25, -0.2) is 0 Å². The molecule has 0 radical (unpaired) electrons. The number of hydrogen-bond donors (Lipinski definition) is 1. The Balaban J connectivity index is 1.48. The predicted molar refractivity (Wildman–Crippen MR) is 108 cm³/mol. The zero-order valence-electron chi connectivity index (χ0n) is 16.9. The summed E-state index contributed by atoms with van der Waals surface area (Å²) in [6, 6.07) is 5.99. The summed E-state index contributed by atoms with van der Waals surface area (Å²) in [6.45, 7) is 3.06. The second kappa shape index (κ2) is 9.66. The Kier molecular flexibility index (Phi) is 7.01. The molecular formula is C21H31N3O4. The highest BCUT2D eigenvalue weighted by Gasteiger charge is 2.24. The molecule has 2 amide bonds. The number of carbonyl (C=O) groups excluding carboxylic acids is 2. The summed E-state index contributed by atoms with van der Waals surface area (Å²) in [6.07, 6.45) is 4.87. The molecular weight excluding hydrogens is 358 g/mol. The van der Waals surface area contributed by atoms with Gasteiger partial charge in [-0.05, 0) is 37.8 Å². The molecule has 0 unspecified atom stereocenters. The van der Waals surface area contributed by atoms with Gasteiger partial charge in [0.15, 0.2) is 11.5 Å². The van der Waals surface area contributed by atoms with Crippen LogP contribution in [0.4, 0.5) is 5.69 Å². The molecule has 3 rings (SSSR count). The second-order valence-electron chi connectivity index (χ2n) is 7.48. The lowest BCUT2D eigenvalue weighted by atomic mass is 10.0. The van der Waals surface area contributed by atoms with E-state index in [2.05, 4.69) is 5.32 Å². The molecule has 2 fully saturated rings. The molecule has 1 atom stereocenters. The summed E-state index contributed by atoms with van der Waals surface area (Å²) in [5, 5.41) is 3.52. The summed E-state index contributed by atoms with van der Waals surface area (Å²) in [5.41, 5.74) is 0.962. The van der Waals surface area contributed by atoms with Crippen molar-refractivity contribution in [2.45, 2.75) is 44.6 Å². The smallest absolute Gasteiger partial charge is 0.222 e. The van der Waals surface area contributed by atoms with Gasteiger partial charge in [-0.15, -0.1) is 0 Å². The average molecular weight is 389 g/mol. The molecule has 28 heavy (non-hydrogen) atoms. The predicted octanol–water partition coefficient (Wildman–Crippen LogP) is 2.51. The van der Waals surface area contributed by atoms with E-state index < -0.39 is 0 Å². The van der Waals surface area contributed by atoms with E-state index in [0.29, 0.717) is 37.4 Å². The highest BCUT2D eigenvalue weighted by atomic mass is 16.5. The summed E-state index contributed by atoms with van der Waals surface area (Å²) in [5.74, 6) is 1.80. The molecule has 0 spiro atoms. The Morgan fingerprint density at radius 3 is 2.71 bits per heavy atom. The first-order valence-electron chi connectivity index (χ1n) is 10.1. The van der Waals surface area contributed by atoms with Crippen LogP contribution in [-0.4, -0.2) is 68.1 Å². The van der Waals surface area contributed by atoms with Crippen molar-refractivity contribution in [3.05, 3.63) is 18.2 Å². The van der Waals surface area contributed by atoms with Crippen LogP contribution in [0.5, 0.6) is 11.5 Å². The van der Waals surface area contributed by atoms with Crippen LogP contribution in [0.1, 0.15) is 38.5 Å². The van der Waals surface area contributed by atoms with Crippen LogP contribution in [0.25, 0.3) is 0 Å². The Hall–Kier alpha value is -2.44. The van der Waals surface area contributed by atoms with Crippen molar-refractivity contribution in [3.8, 4) is 11.5 Å². The van der Waals surface area contributed by atoms with E-state index in [4.69, 9.17) is 9.47 Å². The lowest BCUT2D eigenvalue weighted by molar-refractivity contribution is -0.133. The van der Waals surface area contributed by atoms with Gasteiger partial charge >= 0.3 is 0 Å². The molecule has 154 valence electrons. The molecule has 7 nitrogen and oxygen atoms in total. The zero-order chi connectivity index (χ0) is 19.9. The van der Waals surface area contributed by atoms with Crippen LogP contribution >= 0.6 is 0 Å². The van der Waals surface area contributed by atoms with Crippen molar-refractivity contribution in [2.24, 2.45) is 0 Å². The van der Waals surface area contributed by atoms with Crippen LogP contribution in [0.3, 0.4) is 0 Å². The lowest BCUT2D eigenvalue weighted by Gasteiger charge is -2.34. The topological polar surface area (TPSA) is 71.1 Å². The van der Waals surface area contributed by atoms with Gasteiger partial charge in [0.2, 0.25) is 11.8 Å². The number of nitrogens with one attached hydrogen (secondary N) is 1. The summed E-state index contributed by atoms with van der Waals surface area (Å²) in [4.78, 5) is 28.1. The number of rotatable bonds is 8. The van der Waals surface area contributed by atoms with E-state index >= 15 is 0 Å². The quantitative estimate of drug-likeness (QED) is 0.740. The van der Waals surface area contributed by atoms with E-state index in [0.717, 1.165) is 44.5 Å². The van der Waals surface area contributed by atoms with Crippen molar-refractivity contribution in [2.75, 3.05) is 45.7 Å². The van der Waals surface area contributed by atoms with Crippen molar-refractivity contribution in [1.82, 2.24) is 9.80 Å². The number of carbonyl (C=O) groups is 2. The van der Waals surface area contributed by atoms with Crippen molar-refractivity contribution in [3.63, 3.8) is 0 Å². The van der Waals surface area contributed by atoms with Crippen molar-refractivity contribution < 1.29 is 19.1 Å². The van der Waals surface area contributed by atoms with E-state index in [1.165, 1.54) is 0 Å². The fraction of sp³-hybridized carbons (Fsp3) is 0.619. The zero-order valence-corrected chi connectivity index (χ0v) is 16.9. The maximum Gasteiger partial charge on any atom is 0.222 e. The number of nitrogens with zero attached hydrogens (tertiary/aromatic N) is 2. The number of benzene rings is 1. The number of anilines is 1. The van der Waals surface area contributed by atoms with E-state index in [9.17, 15) is 9.59 Å². The molecule has 7 heteroatoms. The minimum atomic E-state index is 0.186. The fourth-order valence-electron chi connectivity index (χ4n) is 4.00. The first-order valence-corrected chi connectivity index (χ1v) is 10.1. The average Bonchev–Trinajstić information content (AvgIpc) is 3.12. The SMILES string of the molecule is COc1ccc(N[C@H]2CCCN(C(=O)CCCN3CCCC3=O)C2)cc1OC. The number of piperidine rings is 1. The van der Waals surface area contributed by atoms with Gasteiger partial charge in [0.25, 0.3) is 0 Å². The molecule has 0 aromatic heterocycles. The number of hydrogen-bond acceptors (Lipinski definition) is 5. The third-order valence-corrected chi connectivity index (χ3v) is 5.52. The molecule has 0 bridgehead atoms. The van der Waals surface area contributed by atoms with Crippen molar-refractivity contribution in [1.29, 1.82) is 0 Å². The monoisotopic (exact) mass is 389 g/mol. The van der Waals surface area contributed by atoms with Gasteiger partial charge < -0.3 is 24.6 Å². The minimum Gasteiger partial charge on any atom is -0.493 e. The second-order valence-corrected chi connectivity index (χ2v) is 7.48. The Morgan fingerprint density at radius 1 is 1.18 bits per heavy atom. The van der Waals surface area contributed by atoms with E-state index in [1.807, 2.05) is 28.0 Å². The van der Waals surface area contributed by atoms with Crippen LogP contribution in [0.15, 0.2) is 18.2 Å². The fourth-order valence-corrected chi connectivity index (χ4v) is 4.00. The highest BCUT2D eigenvalue weighted by Crippen LogP contribution is 2.30. The lowest BCUT2D eigenvalue weighted by Crippen LogP contribution is -2.45. The molecule has 1 aromatic carbocycles. The Morgan fingerprint density at radius 2 is 2.00 bits per heavy atom. The maximum atomic E-state index is 12.6. The van der Waals surface area contributed by atoms with E-state index in [1.54, 1.807) is 14.2 Å². The molecule has 2 saturated heterocycles. The molecule has 2 heterocycles. The van der Waals surface area contributed by atoms with Gasteiger partial charge in [0.1, 0.15) is 0 Å². The van der Waals surface area contributed by atoms with Gasteiger partial charge in [-0.3, -0.25) is 9.59 Å². The summed E-state index contributed by atoms with van der Waals surface area (Å²) < 4.78 is 10.6. The number of ether oxygens (including phenoxy) is 2. The first-order chi connectivity index (χ1) is 13.6. The molecule has 1 aromatic rings. The molecule has 2 aliphatic heterocycles. The Bertz CT molecular complexity index is 694. The normalized spacial score (nSPS) is 19.6. The standard InChI is InChI=1S/C21H31N3O4/c1-27-18-10-9-16(14-19(18)28-2)22-17-6-3-13-24(15-17)21(26)8-5-12-23-11-4-7-20(23)25/h9-10,14,17,22H,3-8,11-13,15H2,1-2H3/t17-/m0/s1. The molecule has 1 N–H and O–H groups in total. The van der Waals surface area contributed by atoms with Gasteiger partial charge in [-0.2, -0.15) is 0 Å². The van der Waals surface area contributed by atoms with Crippen LogP contribution in [0, 0.1) is 0 Å². The molecule has 0 saturated carbocycles. The molecule has 0 aliphatic carbocycles. The largest absolute Gasteiger partial charge is 0.493 e. The highest BCUT2D eigenvalue weighted by molar-refractivity contribution is 5.78. The van der Waals surface area contributed by atoms with Crippen LogP contribution < -0.4 is 14.8 Å².